The van der Waals surface area contributed by atoms with E-state index in [1.54, 1.807) is 0 Å². The number of nitrogens with one attached hydrogen (secondary N) is 1. The predicted octanol–water partition coefficient (Wildman–Crippen LogP) is 2.71. The van der Waals surface area contributed by atoms with Crippen LogP contribution in [0.3, 0.4) is 0 Å². The highest BCUT2D eigenvalue weighted by Gasteiger charge is 2.22. The lowest BCUT2D eigenvalue weighted by Gasteiger charge is -2.34. The van der Waals surface area contributed by atoms with E-state index in [0.717, 1.165) is 18.9 Å². The van der Waals surface area contributed by atoms with Gasteiger partial charge in [-0.2, -0.15) is 0 Å². The molecule has 1 saturated heterocycles. The van der Waals surface area contributed by atoms with Gasteiger partial charge in [0.05, 0.1) is 5.01 Å². The molecule has 19 heavy (non-hydrogen) atoms. The third kappa shape index (κ3) is 4.26. The van der Waals surface area contributed by atoms with E-state index < -0.39 is 0 Å². The summed E-state index contributed by atoms with van der Waals surface area (Å²) in [4.78, 5) is 8.67. The SMILES string of the molecule is CCN1CCCCC1Cc1ncc(CC(C)NC)s1. The molecule has 0 bridgehead atoms. The van der Waals surface area contributed by atoms with Crippen molar-refractivity contribution in [3.63, 3.8) is 0 Å². The quantitative estimate of drug-likeness (QED) is 0.869. The molecular weight excluding hydrogens is 254 g/mol. The smallest absolute Gasteiger partial charge is 0.0943 e. The number of nitrogens with zero attached hydrogens (tertiary/aromatic N) is 2. The second kappa shape index (κ2) is 7.36. The average molecular weight is 281 g/mol. The molecule has 1 aromatic heterocycles. The molecule has 1 aliphatic rings. The number of thiazole rings is 1. The normalized spacial score (nSPS) is 22.6. The van der Waals surface area contributed by atoms with Crippen LogP contribution in [0.15, 0.2) is 6.20 Å². The van der Waals surface area contributed by atoms with Crippen LogP contribution in [0.25, 0.3) is 0 Å². The molecule has 3 nitrogen and oxygen atoms in total. The molecule has 1 fully saturated rings. The monoisotopic (exact) mass is 281 g/mol. The highest BCUT2D eigenvalue weighted by Crippen LogP contribution is 2.23. The van der Waals surface area contributed by atoms with Gasteiger partial charge < -0.3 is 10.2 Å². The summed E-state index contributed by atoms with van der Waals surface area (Å²) in [6, 6.07) is 1.26. The Morgan fingerprint density at radius 2 is 2.37 bits per heavy atom. The highest BCUT2D eigenvalue weighted by atomic mass is 32.1. The number of likely N-dealkylation sites (N-methyl/N-ethyl adjacent to an activating group) is 2. The van der Waals surface area contributed by atoms with Gasteiger partial charge >= 0.3 is 0 Å². The minimum atomic E-state index is 0.537. The lowest BCUT2D eigenvalue weighted by Crippen LogP contribution is -2.40. The van der Waals surface area contributed by atoms with E-state index in [9.17, 15) is 0 Å². The number of rotatable bonds is 6. The summed E-state index contributed by atoms with van der Waals surface area (Å²) >= 11 is 1.90. The average Bonchev–Trinajstić information content (AvgIpc) is 2.86. The lowest BCUT2D eigenvalue weighted by atomic mass is 10.00. The molecule has 2 heterocycles. The molecule has 1 aliphatic heterocycles. The lowest BCUT2D eigenvalue weighted by molar-refractivity contribution is 0.155. The number of piperidine rings is 1. The van der Waals surface area contributed by atoms with Crippen LogP contribution in [-0.2, 0) is 12.8 Å². The second-order valence-electron chi connectivity index (χ2n) is 5.60. The molecule has 0 saturated carbocycles. The maximum atomic E-state index is 4.63. The molecule has 2 unspecified atom stereocenters. The topological polar surface area (TPSA) is 28.2 Å². The van der Waals surface area contributed by atoms with E-state index >= 15 is 0 Å². The van der Waals surface area contributed by atoms with Crippen LogP contribution in [0.2, 0.25) is 0 Å². The van der Waals surface area contributed by atoms with Gasteiger partial charge in [-0.3, -0.25) is 0 Å². The minimum absolute atomic E-state index is 0.537. The fourth-order valence-electron chi connectivity index (χ4n) is 2.85. The maximum Gasteiger partial charge on any atom is 0.0943 e. The van der Waals surface area contributed by atoms with Crippen molar-refractivity contribution < 1.29 is 0 Å². The molecular formula is C15H27N3S. The zero-order valence-corrected chi connectivity index (χ0v) is 13.3. The third-order valence-corrected chi connectivity index (χ3v) is 5.21. The third-order valence-electron chi connectivity index (χ3n) is 4.17. The van der Waals surface area contributed by atoms with Gasteiger partial charge in [-0.1, -0.05) is 13.3 Å². The molecule has 1 N–H and O–H groups in total. The molecule has 108 valence electrons. The summed E-state index contributed by atoms with van der Waals surface area (Å²) in [6.07, 6.45) is 8.41. The number of aromatic nitrogens is 1. The van der Waals surface area contributed by atoms with Crippen LogP contribution in [0.5, 0.6) is 0 Å². The Balaban J connectivity index is 1.91. The Bertz CT molecular complexity index is 377. The molecule has 2 rings (SSSR count). The minimum Gasteiger partial charge on any atom is -0.317 e. The van der Waals surface area contributed by atoms with Crippen molar-refractivity contribution in [1.29, 1.82) is 0 Å². The van der Waals surface area contributed by atoms with E-state index in [1.807, 2.05) is 18.4 Å². The van der Waals surface area contributed by atoms with Gasteiger partial charge in [-0.05, 0) is 46.3 Å². The van der Waals surface area contributed by atoms with E-state index in [0.29, 0.717) is 6.04 Å². The molecule has 4 heteroatoms. The Labute approximate surface area is 121 Å². The van der Waals surface area contributed by atoms with Crippen molar-refractivity contribution in [2.24, 2.45) is 0 Å². The van der Waals surface area contributed by atoms with Crippen LogP contribution >= 0.6 is 11.3 Å². The van der Waals surface area contributed by atoms with E-state index in [4.69, 9.17) is 0 Å². The first-order valence-electron chi connectivity index (χ1n) is 7.57. The molecule has 2 atom stereocenters. The van der Waals surface area contributed by atoms with Crippen molar-refractivity contribution >= 4 is 11.3 Å². The summed E-state index contributed by atoms with van der Waals surface area (Å²) in [6.45, 7) is 6.95. The number of hydrogen-bond acceptors (Lipinski definition) is 4. The first kappa shape index (κ1) is 14.9. The van der Waals surface area contributed by atoms with Crippen molar-refractivity contribution in [2.45, 2.75) is 58.0 Å². The van der Waals surface area contributed by atoms with Gasteiger partial charge in [0.25, 0.3) is 0 Å². The summed E-state index contributed by atoms with van der Waals surface area (Å²) < 4.78 is 0. The molecule has 0 amide bonds. The van der Waals surface area contributed by atoms with Gasteiger partial charge in [0.15, 0.2) is 0 Å². The maximum absolute atomic E-state index is 4.63. The van der Waals surface area contributed by atoms with Gasteiger partial charge in [0.1, 0.15) is 0 Å². The van der Waals surface area contributed by atoms with Crippen LogP contribution in [0.4, 0.5) is 0 Å². The van der Waals surface area contributed by atoms with Gasteiger partial charge in [0, 0.05) is 29.6 Å². The predicted molar refractivity (Wildman–Crippen MR) is 82.9 cm³/mol. The van der Waals surface area contributed by atoms with Gasteiger partial charge in [-0.25, -0.2) is 4.98 Å². The summed E-state index contributed by atoms with van der Waals surface area (Å²) in [5.41, 5.74) is 0. The fraction of sp³-hybridized carbons (Fsp3) is 0.800. The van der Waals surface area contributed by atoms with Crippen molar-refractivity contribution in [3.8, 4) is 0 Å². The van der Waals surface area contributed by atoms with Gasteiger partial charge in [0.2, 0.25) is 0 Å². The number of hydrogen-bond donors (Lipinski definition) is 1. The first-order valence-corrected chi connectivity index (χ1v) is 8.39. The Morgan fingerprint density at radius 1 is 1.53 bits per heavy atom. The van der Waals surface area contributed by atoms with Gasteiger partial charge in [-0.15, -0.1) is 11.3 Å². The molecule has 0 spiro atoms. The molecule has 0 radical (unpaired) electrons. The summed E-state index contributed by atoms with van der Waals surface area (Å²) in [5.74, 6) is 0. The Morgan fingerprint density at radius 3 is 3.11 bits per heavy atom. The van der Waals surface area contributed by atoms with Crippen molar-refractivity contribution in [1.82, 2.24) is 15.2 Å². The fourth-order valence-corrected chi connectivity index (χ4v) is 3.97. The zero-order valence-electron chi connectivity index (χ0n) is 12.5. The van der Waals surface area contributed by atoms with E-state index in [-0.39, 0.29) is 0 Å². The zero-order chi connectivity index (χ0) is 13.7. The Kier molecular flexibility index (Phi) is 5.79. The molecule has 0 aliphatic carbocycles. The largest absolute Gasteiger partial charge is 0.317 e. The van der Waals surface area contributed by atoms with Crippen LogP contribution in [-0.4, -0.2) is 42.1 Å². The number of likely N-dealkylation sites (tertiary alicyclic amines) is 1. The van der Waals surface area contributed by atoms with Crippen LogP contribution in [0, 0.1) is 0 Å². The highest BCUT2D eigenvalue weighted by molar-refractivity contribution is 7.11. The Hall–Kier alpha value is -0.450. The van der Waals surface area contributed by atoms with E-state index in [1.165, 1.54) is 42.2 Å². The second-order valence-corrected chi connectivity index (χ2v) is 6.80. The summed E-state index contributed by atoms with van der Waals surface area (Å²) in [5, 5.41) is 4.61. The first-order chi connectivity index (χ1) is 9.22. The standard InChI is InChI=1S/C15H27N3S/c1-4-18-8-6-5-7-13(18)10-15-17-11-14(19-15)9-12(2)16-3/h11-13,16H,4-10H2,1-3H3. The van der Waals surface area contributed by atoms with Crippen LogP contribution in [0.1, 0.15) is 43.0 Å². The van der Waals surface area contributed by atoms with Crippen molar-refractivity contribution in [2.75, 3.05) is 20.1 Å². The van der Waals surface area contributed by atoms with E-state index in [2.05, 4.69) is 35.2 Å². The van der Waals surface area contributed by atoms with Crippen molar-refractivity contribution in [3.05, 3.63) is 16.1 Å². The molecule has 1 aromatic rings. The van der Waals surface area contributed by atoms with Crippen LogP contribution < -0.4 is 5.32 Å². The molecule has 0 aromatic carbocycles. The summed E-state index contributed by atoms with van der Waals surface area (Å²) in [7, 11) is 2.02.